The monoisotopic (exact) mass is 379 g/mol. The van der Waals surface area contributed by atoms with Gasteiger partial charge in [0.2, 0.25) is 0 Å². The second-order valence-corrected chi connectivity index (χ2v) is 6.03. The highest BCUT2D eigenvalue weighted by atomic mass is 19.3. The number of alkyl halides is 2. The number of amides is 1. The van der Waals surface area contributed by atoms with Gasteiger partial charge in [0.25, 0.3) is 5.91 Å². The number of carbonyl (C=O) groups is 1. The molecule has 0 atom stereocenters. The summed E-state index contributed by atoms with van der Waals surface area (Å²) in [4.78, 5) is 12.4. The third-order valence-corrected chi connectivity index (χ3v) is 3.64. The Morgan fingerprint density at radius 2 is 1.78 bits per heavy atom. The van der Waals surface area contributed by atoms with Crippen molar-refractivity contribution in [1.29, 1.82) is 0 Å². The lowest BCUT2D eigenvalue weighted by atomic mass is 10.1. The molecule has 1 amide bonds. The summed E-state index contributed by atoms with van der Waals surface area (Å²) in [5.41, 5.74) is 1.18. The highest BCUT2D eigenvalue weighted by molar-refractivity contribution is 5.96. The Bertz CT molecular complexity index is 765. The van der Waals surface area contributed by atoms with Crippen LogP contribution in [0.25, 0.3) is 0 Å². The van der Waals surface area contributed by atoms with Crippen LogP contribution in [-0.4, -0.2) is 32.3 Å². The second kappa shape index (κ2) is 9.75. The topological polar surface area (TPSA) is 56.8 Å². The number of hydrogen-bond donors (Lipinski definition) is 1. The molecule has 2 aromatic rings. The van der Waals surface area contributed by atoms with E-state index in [0.717, 1.165) is 5.56 Å². The van der Waals surface area contributed by atoms with Crippen LogP contribution in [0, 0.1) is 0 Å². The molecule has 0 heterocycles. The maximum Gasteiger partial charge on any atom is 0.387 e. The Hall–Kier alpha value is -2.83. The molecular formula is C20H23F2NO4. The molecule has 2 rings (SSSR count). The number of ether oxygens (including phenoxy) is 3. The Morgan fingerprint density at radius 3 is 2.44 bits per heavy atom. The van der Waals surface area contributed by atoms with Crippen LogP contribution in [-0.2, 0) is 6.42 Å². The highest BCUT2D eigenvalue weighted by Gasteiger charge is 2.14. The van der Waals surface area contributed by atoms with Gasteiger partial charge in [0.05, 0.1) is 18.8 Å². The van der Waals surface area contributed by atoms with Gasteiger partial charge in [-0.1, -0.05) is 18.2 Å². The standard InChI is InChI=1S/C20H23F2NO4/c1-13(2)26-16-7-5-4-6-15(16)19(24)23-11-10-14-8-9-17(25-3)18(12-14)27-20(21)22/h4-9,12-13,20H,10-11H2,1-3H3,(H,23,24). The first-order valence-electron chi connectivity index (χ1n) is 8.56. The summed E-state index contributed by atoms with van der Waals surface area (Å²) in [6.45, 7) is 1.16. The first kappa shape index (κ1) is 20.5. The molecule has 0 fully saturated rings. The predicted octanol–water partition coefficient (Wildman–Crippen LogP) is 4.06. The van der Waals surface area contributed by atoms with Crippen molar-refractivity contribution >= 4 is 5.91 Å². The molecule has 146 valence electrons. The van der Waals surface area contributed by atoms with Gasteiger partial charge >= 0.3 is 6.61 Å². The van der Waals surface area contributed by atoms with Crippen molar-refractivity contribution in [1.82, 2.24) is 5.32 Å². The van der Waals surface area contributed by atoms with Crippen molar-refractivity contribution in [2.75, 3.05) is 13.7 Å². The molecule has 0 spiro atoms. The summed E-state index contributed by atoms with van der Waals surface area (Å²) in [7, 11) is 1.38. The Labute approximate surface area is 157 Å². The molecule has 0 aromatic heterocycles. The van der Waals surface area contributed by atoms with E-state index in [4.69, 9.17) is 9.47 Å². The van der Waals surface area contributed by atoms with Gasteiger partial charge in [-0.2, -0.15) is 8.78 Å². The summed E-state index contributed by atoms with van der Waals surface area (Å²) in [5, 5.41) is 2.81. The summed E-state index contributed by atoms with van der Waals surface area (Å²) in [6, 6.07) is 11.8. The van der Waals surface area contributed by atoms with Gasteiger partial charge in [-0.25, -0.2) is 0 Å². The van der Waals surface area contributed by atoms with Gasteiger partial charge in [0, 0.05) is 6.54 Å². The minimum Gasteiger partial charge on any atom is -0.493 e. The quantitative estimate of drug-likeness (QED) is 0.714. The number of hydrogen-bond acceptors (Lipinski definition) is 4. The molecule has 1 N–H and O–H groups in total. The molecule has 0 aliphatic carbocycles. The van der Waals surface area contributed by atoms with E-state index in [2.05, 4.69) is 10.1 Å². The van der Waals surface area contributed by atoms with E-state index in [-0.39, 0.29) is 23.5 Å². The predicted molar refractivity (Wildman–Crippen MR) is 97.9 cm³/mol. The summed E-state index contributed by atoms with van der Waals surface area (Å²) >= 11 is 0. The first-order chi connectivity index (χ1) is 12.9. The lowest BCUT2D eigenvalue weighted by Crippen LogP contribution is -2.26. The zero-order valence-corrected chi connectivity index (χ0v) is 15.5. The van der Waals surface area contributed by atoms with E-state index in [0.29, 0.717) is 24.3 Å². The van der Waals surface area contributed by atoms with Crippen molar-refractivity contribution in [3.8, 4) is 17.2 Å². The van der Waals surface area contributed by atoms with E-state index in [1.165, 1.54) is 13.2 Å². The third-order valence-electron chi connectivity index (χ3n) is 3.64. The van der Waals surface area contributed by atoms with Crippen LogP contribution in [0.3, 0.4) is 0 Å². The molecule has 0 unspecified atom stereocenters. The average molecular weight is 379 g/mol. The lowest BCUT2D eigenvalue weighted by molar-refractivity contribution is -0.0512. The minimum absolute atomic E-state index is 0.0352. The largest absolute Gasteiger partial charge is 0.493 e. The second-order valence-electron chi connectivity index (χ2n) is 6.03. The van der Waals surface area contributed by atoms with Crippen molar-refractivity contribution in [3.63, 3.8) is 0 Å². The fourth-order valence-corrected chi connectivity index (χ4v) is 2.49. The van der Waals surface area contributed by atoms with Gasteiger partial charge in [0.1, 0.15) is 5.75 Å². The molecule has 0 aliphatic heterocycles. The van der Waals surface area contributed by atoms with E-state index < -0.39 is 6.61 Å². The van der Waals surface area contributed by atoms with Crippen LogP contribution in [0.15, 0.2) is 42.5 Å². The first-order valence-corrected chi connectivity index (χ1v) is 8.56. The van der Waals surface area contributed by atoms with Gasteiger partial charge in [-0.15, -0.1) is 0 Å². The van der Waals surface area contributed by atoms with Crippen molar-refractivity contribution in [3.05, 3.63) is 53.6 Å². The van der Waals surface area contributed by atoms with Gasteiger partial charge in [-0.3, -0.25) is 4.79 Å². The molecule has 0 saturated carbocycles. The molecule has 0 saturated heterocycles. The lowest BCUT2D eigenvalue weighted by Gasteiger charge is -2.14. The summed E-state index contributed by atoms with van der Waals surface area (Å²) in [5.74, 6) is 0.445. The average Bonchev–Trinajstić information content (AvgIpc) is 2.61. The number of para-hydroxylation sites is 1. The summed E-state index contributed by atoms with van der Waals surface area (Å²) in [6.07, 6.45) is 0.397. The zero-order chi connectivity index (χ0) is 19.8. The van der Waals surface area contributed by atoms with Crippen LogP contribution >= 0.6 is 0 Å². The van der Waals surface area contributed by atoms with E-state index in [9.17, 15) is 13.6 Å². The van der Waals surface area contributed by atoms with E-state index in [1.807, 2.05) is 13.8 Å². The fraction of sp³-hybridized carbons (Fsp3) is 0.350. The number of benzene rings is 2. The number of carbonyl (C=O) groups excluding carboxylic acids is 1. The maximum absolute atomic E-state index is 12.5. The highest BCUT2D eigenvalue weighted by Crippen LogP contribution is 2.29. The fourth-order valence-electron chi connectivity index (χ4n) is 2.49. The molecule has 2 aromatic carbocycles. The Kier molecular flexibility index (Phi) is 7.40. The normalized spacial score (nSPS) is 10.8. The smallest absolute Gasteiger partial charge is 0.387 e. The zero-order valence-electron chi connectivity index (χ0n) is 15.5. The molecule has 0 aliphatic rings. The van der Waals surface area contributed by atoms with Gasteiger partial charge in [0.15, 0.2) is 11.5 Å². The number of methoxy groups -OCH3 is 1. The van der Waals surface area contributed by atoms with Crippen molar-refractivity contribution < 1.29 is 27.8 Å². The summed E-state index contributed by atoms with van der Waals surface area (Å²) < 4.78 is 40.1. The van der Waals surface area contributed by atoms with E-state index >= 15 is 0 Å². The van der Waals surface area contributed by atoms with Gasteiger partial charge < -0.3 is 19.5 Å². The Morgan fingerprint density at radius 1 is 1.04 bits per heavy atom. The van der Waals surface area contributed by atoms with Crippen molar-refractivity contribution in [2.45, 2.75) is 33.0 Å². The van der Waals surface area contributed by atoms with Crippen molar-refractivity contribution in [2.24, 2.45) is 0 Å². The van der Waals surface area contributed by atoms with Crippen LogP contribution in [0.1, 0.15) is 29.8 Å². The van der Waals surface area contributed by atoms with Gasteiger partial charge in [-0.05, 0) is 50.1 Å². The third kappa shape index (κ3) is 6.13. The number of halogens is 2. The maximum atomic E-state index is 12.5. The molecule has 7 heteroatoms. The van der Waals surface area contributed by atoms with Crippen LogP contribution in [0.4, 0.5) is 8.78 Å². The molecule has 0 bridgehead atoms. The Balaban J connectivity index is 1.99. The molecule has 0 radical (unpaired) electrons. The molecular weight excluding hydrogens is 356 g/mol. The van der Waals surface area contributed by atoms with Crippen LogP contribution in [0.5, 0.6) is 17.2 Å². The van der Waals surface area contributed by atoms with E-state index in [1.54, 1.807) is 36.4 Å². The molecule has 5 nitrogen and oxygen atoms in total. The number of rotatable bonds is 9. The van der Waals surface area contributed by atoms with Crippen LogP contribution in [0.2, 0.25) is 0 Å². The minimum atomic E-state index is -2.94. The van der Waals surface area contributed by atoms with Crippen LogP contribution < -0.4 is 19.5 Å². The molecule has 27 heavy (non-hydrogen) atoms. The number of nitrogens with one attached hydrogen (secondary N) is 1. The SMILES string of the molecule is COc1ccc(CCNC(=O)c2ccccc2OC(C)C)cc1OC(F)F.